The van der Waals surface area contributed by atoms with Crippen LogP contribution in [0.5, 0.6) is 0 Å². The molecule has 2 rings (SSSR count). The fourth-order valence-electron chi connectivity index (χ4n) is 1.96. The molecule has 7 heteroatoms. The van der Waals surface area contributed by atoms with Crippen LogP contribution in [0.1, 0.15) is 17.3 Å². The molecule has 2 aromatic rings. The maximum absolute atomic E-state index is 12.3. The highest BCUT2D eigenvalue weighted by Gasteiger charge is 2.06. The number of thioether (sulfide) groups is 1. The van der Waals surface area contributed by atoms with Crippen molar-refractivity contribution in [3.05, 3.63) is 57.8 Å². The topological polar surface area (TPSA) is 56.1 Å². The van der Waals surface area contributed by atoms with E-state index in [9.17, 15) is 4.79 Å². The van der Waals surface area contributed by atoms with Gasteiger partial charge in [0.25, 0.3) is 0 Å². The molecular formula is C17H20BrN3O2S. The van der Waals surface area contributed by atoms with E-state index in [-0.39, 0.29) is 5.78 Å². The molecule has 0 fully saturated rings. The summed E-state index contributed by atoms with van der Waals surface area (Å²) in [5, 5.41) is 8.26. The zero-order valence-corrected chi connectivity index (χ0v) is 16.1. The number of nitrogens with zero attached hydrogens (tertiary/aromatic N) is 2. The van der Waals surface area contributed by atoms with Crippen molar-refractivity contribution in [2.45, 2.75) is 13.5 Å². The normalized spacial score (nSPS) is 11.5. The van der Waals surface area contributed by atoms with E-state index in [1.807, 2.05) is 36.2 Å². The van der Waals surface area contributed by atoms with E-state index >= 15 is 0 Å². The molecule has 24 heavy (non-hydrogen) atoms. The Morgan fingerprint density at radius 3 is 2.83 bits per heavy atom. The molecule has 1 heterocycles. The number of benzene rings is 1. The van der Waals surface area contributed by atoms with Crippen LogP contribution < -0.4 is 5.32 Å². The zero-order valence-electron chi connectivity index (χ0n) is 13.7. The number of nitrogens with one attached hydrogen (secondary N) is 1. The Hall–Kier alpha value is -1.57. The Balaban J connectivity index is 2.00. The summed E-state index contributed by atoms with van der Waals surface area (Å²) in [4.78, 5) is 12.3. The van der Waals surface area contributed by atoms with Gasteiger partial charge in [-0.15, -0.1) is 11.8 Å². The lowest BCUT2D eigenvalue weighted by Crippen LogP contribution is -2.06. The van der Waals surface area contributed by atoms with Crippen LogP contribution in [0.15, 0.2) is 52.2 Å². The molecular weight excluding hydrogens is 390 g/mol. The van der Waals surface area contributed by atoms with Gasteiger partial charge in [0, 0.05) is 28.9 Å². The van der Waals surface area contributed by atoms with Crippen molar-refractivity contribution in [3.8, 4) is 0 Å². The molecule has 5 nitrogen and oxygen atoms in total. The maximum Gasteiger partial charge on any atom is 0.188 e. The summed E-state index contributed by atoms with van der Waals surface area (Å²) in [6.07, 6.45) is 7.16. The van der Waals surface area contributed by atoms with Gasteiger partial charge >= 0.3 is 0 Å². The Bertz CT molecular complexity index is 698. The molecule has 1 aromatic carbocycles. The second-order valence-electron chi connectivity index (χ2n) is 4.90. The fraction of sp³-hybridized carbons (Fsp3) is 0.294. The molecule has 0 saturated heterocycles. The summed E-state index contributed by atoms with van der Waals surface area (Å²) in [5.74, 6) is -0.0388. The van der Waals surface area contributed by atoms with Gasteiger partial charge < -0.3 is 10.1 Å². The van der Waals surface area contributed by atoms with Gasteiger partial charge in [0.1, 0.15) is 0 Å². The molecule has 0 radical (unpaired) electrons. The number of anilines is 1. The van der Waals surface area contributed by atoms with E-state index in [1.165, 1.54) is 11.8 Å². The molecule has 0 atom stereocenters. The lowest BCUT2D eigenvalue weighted by molar-refractivity contribution is 0.104. The number of hydrogen-bond acceptors (Lipinski definition) is 5. The number of carbonyl (C=O) groups is 1. The summed E-state index contributed by atoms with van der Waals surface area (Å²) in [5.41, 5.74) is 1.50. The molecule has 0 aliphatic heterocycles. The van der Waals surface area contributed by atoms with Crippen LogP contribution in [0, 0.1) is 0 Å². The molecule has 0 bridgehead atoms. The van der Waals surface area contributed by atoms with Gasteiger partial charge in [-0.25, -0.2) is 0 Å². The summed E-state index contributed by atoms with van der Waals surface area (Å²) >= 11 is 4.85. The molecule has 1 N–H and O–H groups in total. The minimum Gasteiger partial charge on any atom is -0.380 e. The predicted molar refractivity (Wildman–Crippen MR) is 102 cm³/mol. The number of aromatic nitrogens is 2. The van der Waals surface area contributed by atoms with Crippen molar-refractivity contribution >= 4 is 39.2 Å². The Morgan fingerprint density at radius 1 is 1.42 bits per heavy atom. The quantitative estimate of drug-likeness (QED) is 0.382. The molecule has 128 valence electrons. The molecule has 1 aromatic heterocycles. The second kappa shape index (κ2) is 9.66. The van der Waals surface area contributed by atoms with E-state index in [0.717, 1.165) is 15.2 Å². The summed E-state index contributed by atoms with van der Waals surface area (Å²) in [6.45, 7) is 3.99. The van der Waals surface area contributed by atoms with Gasteiger partial charge in [0.15, 0.2) is 5.78 Å². The standard InChI is InChI=1S/C17H20BrN3O2S/c1-3-23-9-8-21-12-15(11-19-21)20-17(24-2)10-16(22)13-4-6-14(18)7-5-13/h4-7,10-12,20H,3,8-9H2,1-2H3. The Morgan fingerprint density at radius 2 is 2.17 bits per heavy atom. The Labute approximate surface area is 154 Å². The third kappa shape index (κ3) is 5.81. The number of hydrogen-bond donors (Lipinski definition) is 1. The SMILES string of the molecule is CCOCCn1cc(NC(=CC(=O)c2ccc(Br)cc2)SC)cn1. The molecule has 0 aliphatic rings. The smallest absolute Gasteiger partial charge is 0.188 e. The van der Waals surface area contributed by atoms with E-state index in [4.69, 9.17) is 4.74 Å². The zero-order chi connectivity index (χ0) is 17.4. The van der Waals surface area contributed by atoms with E-state index in [2.05, 4.69) is 26.3 Å². The first-order chi connectivity index (χ1) is 11.6. The van der Waals surface area contributed by atoms with Gasteiger partial charge in [-0.1, -0.05) is 15.9 Å². The lowest BCUT2D eigenvalue weighted by Gasteiger charge is -2.06. The Kier molecular flexibility index (Phi) is 7.55. The van der Waals surface area contributed by atoms with Crippen LogP contribution in [0.25, 0.3) is 0 Å². The maximum atomic E-state index is 12.3. The van der Waals surface area contributed by atoms with Crippen LogP contribution >= 0.6 is 27.7 Å². The van der Waals surface area contributed by atoms with Crippen molar-refractivity contribution in [3.63, 3.8) is 0 Å². The van der Waals surface area contributed by atoms with Gasteiger partial charge in [-0.05, 0) is 37.4 Å². The van der Waals surface area contributed by atoms with Crippen LogP contribution in [0.4, 0.5) is 5.69 Å². The number of ketones is 1. The number of allylic oxidation sites excluding steroid dienone is 1. The van der Waals surface area contributed by atoms with Gasteiger partial charge in [-0.3, -0.25) is 9.48 Å². The third-order valence-corrected chi connectivity index (χ3v) is 4.37. The molecule has 0 unspecified atom stereocenters. The predicted octanol–water partition coefficient (Wildman–Crippen LogP) is 4.18. The minimum atomic E-state index is -0.0388. The third-order valence-electron chi connectivity index (χ3n) is 3.18. The average molecular weight is 410 g/mol. The fourth-order valence-corrected chi connectivity index (χ4v) is 2.67. The first-order valence-corrected chi connectivity index (χ1v) is 9.57. The average Bonchev–Trinajstić information content (AvgIpc) is 3.02. The van der Waals surface area contributed by atoms with E-state index in [0.29, 0.717) is 25.3 Å². The van der Waals surface area contributed by atoms with Crippen LogP contribution in [-0.2, 0) is 11.3 Å². The van der Waals surface area contributed by atoms with Gasteiger partial charge in [0.2, 0.25) is 0 Å². The summed E-state index contributed by atoms with van der Waals surface area (Å²) < 4.78 is 8.08. The first kappa shape index (κ1) is 18.8. The highest BCUT2D eigenvalue weighted by atomic mass is 79.9. The number of carbonyl (C=O) groups excluding carboxylic acids is 1. The van der Waals surface area contributed by atoms with Crippen molar-refractivity contribution < 1.29 is 9.53 Å². The number of rotatable bonds is 9. The van der Waals surface area contributed by atoms with Crippen molar-refractivity contribution in [1.82, 2.24) is 9.78 Å². The van der Waals surface area contributed by atoms with Crippen molar-refractivity contribution in [2.24, 2.45) is 0 Å². The first-order valence-electron chi connectivity index (χ1n) is 7.55. The minimum absolute atomic E-state index is 0.0388. The molecule has 0 amide bonds. The highest BCUT2D eigenvalue weighted by molar-refractivity contribution is 9.10. The second-order valence-corrected chi connectivity index (χ2v) is 6.66. The van der Waals surface area contributed by atoms with Gasteiger partial charge in [-0.2, -0.15) is 5.10 Å². The van der Waals surface area contributed by atoms with E-state index < -0.39 is 0 Å². The lowest BCUT2D eigenvalue weighted by atomic mass is 10.1. The molecule has 0 spiro atoms. The van der Waals surface area contributed by atoms with E-state index in [1.54, 1.807) is 24.4 Å². The van der Waals surface area contributed by atoms with Crippen molar-refractivity contribution in [2.75, 3.05) is 24.8 Å². The van der Waals surface area contributed by atoms with Crippen LogP contribution in [0.3, 0.4) is 0 Å². The number of ether oxygens (including phenoxy) is 1. The molecule has 0 aliphatic carbocycles. The molecule has 0 saturated carbocycles. The largest absolute Gasteiger partial charge is 0.380 e. The number of halogens is 1. The van der Waals surface area contributed by atoms with Gasteiger partial charge in [0.05, 0.1) is 30.1 Å². The van der Waals surface area contributed by atoms with Crippen LogP contribution in [-0.4, -0.2) is 35.0 Å². The monoisotopic (exact) mass is 409 g/mol. The highest BCUT2D eigenvalue weighted by Crippen LogP contribution is 2.18. The summed E-state index contributed by atoms with van der Waals surface area (Å²) in [7, 11) is 0. The summed E-state index contributed by atoms with van der Waals surface area (Å²) in [6, 6.07) is 7.31. The van der Waals surface area contributed by atoms with Crippen LogP contribution in [0.2, 0.25) is 0 Å². The van der Waals surface area contributed by atoms with Crippen molar-refractivity contribution in [1.29, 1.82) is 0 Å².